The van der Waals surface area contributed by atoms with Crippen LogP contribution in [0.25, 0.3) is 0 Å². The Bertz CT molecular complexity index is 289. The first-order valence-electron chi connectivity index (χ1n) is 5.95. The summed E-state index contributed by atoms with van der Waals surface area (Å²) in [4.78, 5) is 23.2. The molecule has 0 aromatic heterocycles. The predicted octanol–water partition coefficient (Wildman–Crippen LogP) is 1.22. The van der Waals surface area contributed by atoms with Gasteiger partial charge >= 0.3 is 11.9 Å². The topological polar surface area (TPSA) is 64.6 Å². The lowest BCUT2D eigenvalue weighted by atomic mass is 9.97. The van der Waals surface area contributed by atoms with E-state index in [0.29, 0.717) is 0 Å². The average Bonchev–Trinajstić information content (AvgIpc) is 2.68. The zero-order chi connectivity index (χ0) is 13.1. The molecule has 0 bridgehead atoms. The fourth-order valence-corrected chi connectivity index (χ4v) is 1.48. The zero-order valence-electron chi connectivity index (χ0n) is 10.9. The Labute approximate surface area is 102 Å². The summed E-state index contributed by atoms with van der Waals surface area (Å²) in [6.45, 7) is 7.64. The van der Waals surface area contributed by atoms with Gasteiger partial charge in [0.15, 0.2) is 0 Å². The first-order valence-corrected chi connectivity index (χ1v) is 5.95. The molecule has 1 saturated heterocycles. The van der Waals surface area contributed by atoms with E-state index in [1.54, 1.807) is 27.7 Å². The molecule has 2 atom stereocenters. The number of carbonyl (C=O) groups excluding carboxylic acids is 2. The summed E-state index contributed by atoms with van der Waals surface area (Å²) in [6.07, 6.45) is 0.908. The molecule has 1 fully saturated rings. The molecule has 1 N–H and O–H groups in total. The first-order chi connectivity index (χ1) is 7.80. The van der Waals surface area contributed by atoms with Crippen molar-refractivity contribution in [2.45, 2.75) is 52.9 Å². The summed E-state index contributed by atoms with van der Waals surface area (Å²) in [5, 5.41) is 3.03. The SMILES string of the molecule is CC(OC(=O)[C@H]1CCCN1)OC(=O)C(C)(C)C. The van der Waals surface area contributed by atoms with Crippen molar-refractivity contribution < 1.29 is 19.1 Å². The Morgan fingerprint density at radius 2 is 1.94 bits per heavy atom. The molecular formula is C12H21NO4. The number of nitrogens with one attached hydrogen (secondary N) is 1. The van der Waals surface area contributed by atoms with Gasteiger partial charge in [0, 0.05) is 6.92 Å². The predicted molar refractivity (Wildman–Crippen MR) is 62.1 cm³/mol. The molecule has 0 aliphatic carbocycles. The number of carbonyl (C=O) groups is 2. The molecule has 0 aromatic rings. The lowest BCUT2D eigenvalue weighted by Gasteiger charge is -2.21. The van der Waals surface area contributed by atoms with Crippen LogP contribution in [0.4, 0.5) is 0 Å². The minimum absolute atomic E-state index is 0.259. The molecule has 1 aliphatic heterocycles. The molecule has 1 unspecified atom stereocenters. The highest BCUT2D eigenvalue weighted by Crippen LogP contribution is 2.17. The van der Waals surface area contributed by atoms with E-state index in [-0.39, 0.29) is 18.0 Å². The van der Waals surface area contributed by atoms with Crippen molar-refractivity contribution >= 4 is 11.9 Å². The van der Waals surface area contributed by atoms with Crippen LogP contribution < -0.4 is 5.32 Å². The smallest absolute Gasteiger partial charge is 0.326 e. The summed E-state index contributed by atoms with van der Waals surface area (Å²) < 4.78 is 10.1. The maximum atomic E-state index is 11.6. The van der Waals surface area contributed by atoms with Crippen LogP contribution in [0.3, 0.4) is 0 Å². The highest BCUT2D eigenvalue weighted by molar-refractivity contribution is 5.77. The second-order valence-electron chi connectivity index (χ2n) is 5.31. The normalized spacial score (nSPS) is 22.0. The van der Waals surface area contributed by atoms with Gasteiger partial charge in [-0.3, -0.25) is 9.59 Å². The fourth-order valence-electron chi connectivity index (χ4n) is 1.48. The zero-order valence-corrected chi connectivity index (χ0v) is 10.9. The number of hydrogen-bond acceptors (Lipinski definition) is 5. The van der Waals surface area contributed by atoms with E-state index in [9.17, 15) is 9.59 Å². The number of ether oxygens (including phenoxy) is 2. The Balaban J connectivity index is 2.36. The third-order valence-electron chi connectivity index (χ3n) is 2.51. The molecule has 0 aromatic carbocycles. The largest absolute Gasteiger partial charge is 0.425 e. The van der Waals surface area contributed by atoms with Crippen LogP contribution in [0.15, 0.2) is 0 Å². The summed E-state index contributed by atoms with van der Waals surface area (Å²) in [5.41, 5.74) is -0.591. The third kappa shape index (κ3) is 4.34. The molecule has 0 spiro atoms. The number of esters is 2. The van der Waals surface area contributed by atoms with Crippen molar-refractivity contribution in [3.63, 3.8) is 0 Å². The third-order valence-corrected chi connectivity index (χ3v) is 2.51. The van der Waals surface area contributed by atoms with Gasteiger partial charge in [0.05, 0.1) is 5.41 Å². The van der Waals surface area contributed by atoms with Crippen molar-refractivity contribution in [2.24, 2.45) is 5.41 Å². The molecule has 0 saturated carbocycles. The maximum Gasteiger partial charge on any atom is 0.326 e. The Morgan fingerprint density at radius 1 is 1.29 bits per heavy atom. The first kappa shape index (κ1) is 14.0. The van der Waals surface area contributed by atoms with Gasteiger partial charge in [-0.05, 0) is 40.2 Å². The van der Waals surface area contributed by atoms with Crippen LogP contribution in [0.5, 0.6) is 0 Å². The minimum atomic E-state index is -0.836. The van der Waals surface area contributed by atoms with Crippen LogP contribution in [-0.2, 0) is 19.1 Å². The van der Waals surface area contributed by atoms with E-state index in [2.05, 4.69) is 5.32 Å². The molecule has 17 heavy (non-hydrogen) atoms. The van der Waals surface area contributed by atoms with E-state index < -0.39 is 11.7 Å². The van der Waals surface area contributed by atoms with Crippen molar-refractivity contribution in [3.8, 4) is 0 Å². The highest BCUT2D eigenvalue weighted by Gasteiger charge is 2.29. The minimum Gasteiger partial charge on any atom is -0.425 e. The van der Waals surface area contributed by atoms with Gasteiger partial charge in [-0.2, -0.15) is 0 Å². The summed E-state index contributed by atoms with van der Waals surface area (Å²) >= 11 is 0. The van der Waals surface area contributed by atoms with Crippen molar-refractivity contribution in [1.29, 1.82) is 0 Å². The molecule has 1 aliphatic rings. The molecule has 1 heterocycles. The number of hydrogen-bond donors (Lipinski definition) is 1. The quantitative estimate of drug-likeness (QED) is 0.596. The number of rotatable bonds is 3. The van der Waals surface area contributed by atoms with Crippen LogP contribution in [-0.4, -0.2) is 30.8 Å². The molecule has 1 rings (SSSR count). The van der Waals surface area contributed by atoms with E-state index in [1.807, 2.05) is 0 Å². The standard InChI is InChI=1S/C12H21NO4/c1-8(17-11(15)12(2,3)4)16-10(14)9-6-5-7-13-9/h8-9,13H,5-7H2,1-4H3/t8?,9-/m1/s1. The fraction of sp³-hybridized carbons (Fsp3) is 0.833. The van der Waals surface area contributed by atoms with Gasteiger partial charge < -0.3 is 14.8 Å². The van der Waals surface area contributed by atoms with Gasteiger partial charge in [-0.1, -0.05) is 0 Å². The second-order valence-corrected chi connectivity index (χ2v) is 5.31. The molecule has 0 radical (unpaired) electrons. The average molecular weight is 243 g/mol. The highest BCUT2D eigenvalue weighted by atomic mass is 16.7. The van der Waals surface area contributed by atoms with Crippen molar-refractivity contribution in [3.05, 3.63) is 0 Å². The lowest BCUT2D eigenvalue weighted by Crippen LogP contribution is -2.36. The van der Waals surface area contributed by atoms with Gasteiger partial charge in [0.2, 0.25) is 6.29 Å². The van der Waals surface area contributed by atoms with Crippen LogP contribution in [0, 0.1) is 5.41 Å². The summed E-state index contributed by atoms with van der Waals surface area (Å²) in [5.74, 6) is -0.728. The van der Waals surface area contributed by atoms with E-state index >= 15 is 0 Å². The summed E-state index contributed by atoms with van der Waals surface area (Å²) in [6, 6.07) is -0.259. The van der Waals surface area contributed by atoms with Gasteiger partial charge in [0.1, 0.15) is 6.04 Å². The Hall–Kier alpha value is -1.10. The van der Waals surface area contributed by atoms with E-state index in [0.717, 1.165) is 19.4 Å². The Morgan fingerprint density at radius 3 is 2.41 bits per heavy atom. The summed E-state index contributed by atoms with van der Waals surface area (Å²) in [7, 11) is 0. The maximum absolute atomic E-state index is 11.6. The van der Waals surface area contributed by atoms with Gasteiger partial charge in [0.25, 0.3) is 0 Å². The molecule has 5 nitrogen and oxygen atoms in total. The molecule has 5 heteroatoms. The molecule has 98 valence electrons. The van der Waals surface area contributed by atoms with Gasteiger partial charge in [-0.25, -0.2) is 0 Å². The molecular weight excluding hydrogens is 222 g/mol. The van der Waals surface area contributed by atoms with Crippen LogP contribution in [0.1, 0.15) is 40.5 Å². The van der Waals surface area contributed by atoms with E-state index in [4.69, 9.17) is 9.47 Å². The monoisotopic (exact) mass is 243 g/mol. The van der Waals surface area contributed by atoms with Crippen molar-refractivity contribution in [1.82, 2.24) is 5.32 Å². The second kappa shape index (κ2) is 5.49. The van der Waals surface area contributed by atoms with E-state index in [1.165, 1.54) is 0 Å². The van der Waals surface area contributed by atoms with Gasteiger partial charge in [-0.15, -0.1) is 0 Å². The van der Waals surface area contributed by atoms with Crippen LogP contribution >= 0.6 is 0 Å². The van der Waals surface area contributed by atoms with Crippen LogP contribution in [0.2, 0.25) is 0 Å². The lowest BCUT2D eigenvalue weighted by molar-refractivity contribution is -0.191. The Kier molecular flexibility index (Phi) is 4.51. The van der Waals surface area contributed by atoms with Crippen molar-refractivity contribution in [2.75, 3.05) is 6.54 Å². The molecule has 0 amide bonds.